The predicted octanol–water partition coefficient (Wildman–Crippen LogP) is 4.71. The van der Waals surface area contributed by atoms with E-state index in [0.29, 0.717) is 24.3 Å². The summed E-state index contributed by atoms with van der Waals surface area (Å²) >= 11 is 0. The van der Waals surface area contributed by atoms with Gasteiger partial charge in [0, 0.05) is 13.0 Å². The zero-order chi connectivity index (χ0) is 23.7. The van der Waals surface area contributed by atoms with Crippen LogP contribution in [0.15, 0.2) is 48.6 Å². The monoisotopic (exact) mass is 453 g/mol. The van der Waals surface area contributed by atoms with Crippen molar-refractivity contribution in [3.63, 3.8) is 0 Å². The topological polar surface area (TPSA) is 88.0 Å². The van der Waals surface area contributed by atoms with Crippen LogP contribution in [0.4, 0.5) is 0 Å². The van der Waals surface area contributed by atoms with E-state index in [1.54, 1.807) is 30.3 Å². The van der Waals surface area contributed by atoms with E-state index in [0.717, 1.165) is 56.2 Å². The number of aryl methyl sites for hydroxylation is 2. The van der Waals surface area contributed by atoms with Crippen LogP contribution in [-0.2, 0) is 17.6 Å². The van der Waals surface area contributed by atoms with Crippen molar-refractivity contribution in [1.82, 2.24) is 5.32 Å². The van der Waals surface area contributed by atoms with Gasteiger partial charge in [-0.2, -0.15) is 0 Å². The van der Waals surface area contributed by atoms with Gasteiger partial charge in [0.2, 0.25) is 0 Å². The van der Waals surface area contributed by atoms with E-state index < -0.39 is 0 Å². The molecule has 33 heavy (non-hydrogen) atoms. The summed E-state index contributed by atoms with van der Waals surface area (Å²) in [6.07, 6.45) is 10.3. The van der Waals surface area contributed by atoms with E-state index in [-0.39, 0.29) is 22.9 Å². The molecule has 2 aromatic rings. The lowest BCUT2D eigenvalue weighted by Gasteiger charge is -2.30. The number of benzene rings is 2. The van der Waals surface area contributed by atoms with Crippen molar-refractivity contribution in [2.75, 3.05) is 20.7 Å². The number of hydrogen-bond acceptors (Lipinski definition) is 6. The SMILES string of the molecule is CNCC1(Oc2cc(CCC=CC(=O)CCc3ccc(O)c(OC)c3)ccc2O)CCCC1. The molecule has 6 heteroatoms. The number of phenols is 2. The first-order valence-electron chi connectivity index (χ1n) is 11.7. The Labute approximate surface area is 196 Å². The number of allylic oxidation sites excluding steroid dienone is 2. The quantitative estimate of drug-likeness (QED) is 0.404. The molecule has 0 saturated heterocycles. The van der Waals surface area contributed by atoms with E-state index in [1.165, 1.54) is 7.11 Å². The van der Waals surface area contributed by atoms with Crippen LogP contribution in [0.5, 0.6) is 23.0 Å². The van der Waals surface area contributed by atoms with Gasteiger partial charge >= 0.3 is 0 Å². The summed E-state index contributed by atoms with van der Waals surface area (Å²) < 4.78 is 11.4. The molecule has 3 N–H and O–H groups in total. The average Bonchev–Trinajstić information content (AvgIpc) is 3.26. The number of carbonyl (C=O) groups is 1. The van der Waals surface area contributed by atoms with Crippen LogP contribution in [-0.4, -0.2) is 42.3 Å². The van der Waals surface area contributed by atoms with Gasteiger partial charge in [-0.25, -0.2) is 0 Å². The Balaban J connectivity index is 1.49. The van der Waals surface area contributed by atoms with Gasteiger partial charge in [-0.3, -0.25) is 4.79 Å². The van der Waals surface area contributed by atoms with Crippen LogP contribution in [0.2, 0.25) is 0 Å². The zero-order valence-corrected chi connectivity index (χ0v) is 19.6. The van der Waals surface area contributed by atoms with Gasteiger partial charge in [-0.1, -0.05) is 18.2 Å². The Hall–Kier alpha value is -2.99. The fourth-order valence-electron chi connectivity index (χ4n) is 4.38. The van der Waals surface area contributed by atoms with Crippen LogP contribution in [0.25, 0.3) is 0 Å². The molecule has 0 spiro atoms. The highest BCUT2D eigenvalue weighted by Crippen LogP contribution is 2.38. The largest absolute Gasteiger partial charge is 0.504 e. The van der Waals surface area contributed by atoms with Crippen LogP contribution >= 0.6 is 0 Å². The Morgan fingerprint density at radius 2 is 1.67 bits per heavy atom. The second-order valence-electron chi connectivity index (χ2n) is 8.74. The first-order chi connectivity index (χ1) is 15.9. The highest BCUT2D eigenvalue weighted by atomic mass is 16.5. The minimum atomic E-state index is -0.251. The summed E-state index contributed by atoms with van der Waals surface area (Å²) in [5.41, 5.74) is 1.76. The van der Waals surface area contributed by atoms with Gasteiger partial charge in [-0.15, -0.1) is 0 Å². The number of phenolic OH excluding ortho intramolecular Hbond substituents is 2. The number of methoxy groups -OCH3 is 1. The molecule has 3 rings (SSSR count). The Kier molecular flexibility index (Phi) is 8.78. The Morgan fingerprint density at radius 1 is 1.03 bits per heavy atom. The first-order valence-corrected chi connectivity index (χ1v) is 11.7. The number of likely N-dealkylation sites (N-methyl/N-ethyl adjacent to an activating group) is 1. The predicted molar refractivity (Wildman–Crippen MR) is 129 cm³/mol. The Bertz CT molecular complexity index is 963. The molecule has 2 aromatic carbocycles. The minimum absolute atomic E-state index is 0.0620. The van der Waals surface area contributed by atoms with E-state index in [1.807, 2.05) is 25.3 Å². The molecule has 1 saturated carbocycles. The van der Waals surface area contributed by atoms with Gasteiger partial charge < -0.3 is 25.0 Å². The van der Waals surface area contributed by atoms with Crippen LogP contribution < -0.4 is 14.8 Å². The van der Waals surface area contributed by atoms with Crippen molar-refractivity contribution in [3.05, 3.63) is 59.7 Å². The average molecular weight is 454 g/mol. The minimum Gasteiger partial charge on any atom is -0.504 e. The third-order valence-electron chi connectivity index (χ3n) is 6.17. The molecule has 0 bridgehead atoms. The summed E-state index contributed by atoms with van der Waals surface area (Å²) in [5.74, 6) is 1.27. The molecule has 1 aliphatic carbocycles. The van der Waals surface area contributed by atoms with Crippen molar-refractivity contribution in [2.24, 2.45) is 0 Å². The van der Waals surface area contributed by atoms with Gasteiger partial charge in [0.05, 0.1) is 7.11 Å². The summed E-state index contributed by atoms with van der Waals surface area (Å²) in [7, 11) is 3.43. The third-order valence-corrected chi connectivity index (χ3v) is 6.17. The zero-order valence-electron chi connectivity index (χ0n) is 19.6. The van der Waals surface area contributed by atoms with Gasteiger partial charge in [0.25, 0.3) is 0 Å². The standard InChI is InChI=1S/C27H35NO5/c1-28-19-27(15-5-6-16-27)33-26-18-20(10-14-24(26)31)7-3-4-8-22(29)12-9-21-11-13-23(30)25(17-21)32-2/h4,8,10-11,13-14,17-18,28,30-31H,3,5-7,9,12,15-16,19H2,1-2H3. The molecule has 0 unspecified atom stereocenters. The summed E-state index contributed by atoms with van der Waals surface area (Å²) in [6, 6.07) is 10.6. The number of ketones is 1. The maximum Gasteiger partial charge on any atom is 0.162 e. The van der Waals surface area contributed by atoms with Crippen molar-refractivity contribution >= 4 is 5.78 Å². The lowest BCUT2D eigenvalue weighted by atomic mass is 10.0. The molecule has 0 aliphatic heterocycles. The van der Waals surface area contributed by atoms with Gasteiger partial charge in [-0.05, 0) is 93.5 Å². The fraction of sp³-hybridized carbons (Fsp3) is 0.444. The van der Waals surface area contributed by atoms with Crippen LogP contribution in [0.1, 0.15) is 49.7 Å². The van der Waals surface area contributed by atoms with E-state index in [9.17, 15) is 15.0 Å². The molecule has 0 atom stereocenters. The molecule has 0 aromatic heterocycles. The summed E-state index contributed by atoms with van der Waals surface area (Å²) in [4.78, 5) is 12.2. The van der Waals surface area contributed by atoms with E-state index in [4.69, 9.17) is 9.47 Å². The second kappa shape index (κ2) is 11.8. The number of carbonyl (C=O) groups excluding carboxylic acids is 1. The smallest absolute Gasteiger partial charge is 0.162 e. The molecule has 0 heterocycles. The van der Waals surface area contributed by atoms with Crippen molar-refractivity contribution in [3.8, 4) is 23.0 Å². The molecular formula is C27H35NO5. The molecule has 6 nitrogen and oxygen atoms in total. The highest BCUT2D eigenvalue weighted by Gasteiger charge is 2.36. The maximum absolute atomic E-state index is 12.2. The number of aromatic hydroxyl groups is 2. The highest BCUT2D eigenvalue weighted by molar-refractivity contribution is 5.89. The van der Waals surface area contributed by atoms with Gasteiger partial charge in [0.15, 0.2) is 28.8 Å². The summed E-state index contributed by atoms with van der Waals surface area (Å²) in [5, 5.41) is 23.2. The molecule has 0 amide bonds. The molecule has 0 radical (unpaired) electrons. The normalized spacial score (nSPS) is 15.1. The van der Waals surface area contributed by atoms with Crippen molar-refractivity contribution in [2.45, 2.75) is 57.0 Å². The Morgan fingerprint density at radius 3 is 2.33 bits per heavy atom. The lowest BCUT2D eigenvalue weighted by molar-refractivity contribution is -0.114. The molecule has 1 aliphatic rings. The first kappa shape index (κ1) is 24.6. The van der Waals surface area contributed by atoms with Crippen LogP contribution in [0.3, 0.4) is 0 Å². The van der Waals surface area contributed by atoms with Crippen molar-refractivity contribution in [1.29, 1.82) is 0 Å². The molecular weight excluding hydrogens is 418 g/mol. The molecule has 1 fully saturated rings. The van der Waals surface area contributed by atoms with E-state index >= 15 is 0 Å². The van der Waals surface area contributed by atoms with Gasteiger partial charge in [0.1, 0.15) is 5.60 Å². The van der Waals surface area contributed by atoms with Crippen LogP contribution in [0, 0.1) is 0 Å². The summed E-state index contributed by atoms with van der Waals surface area (Å²) in [6.45, 7) is 0.762. The maximum atomic E-state index is 12.2. The second-order valence-corrected chi connectivity index (χ2v) is 8.74. The van der Waals surface area contributed by atoms with Crippen molar-refractivity contribution < 1.29 is 24.5 Å². The number of ether oxygens (including phenoxy) is 2. The lowest BCUT2D eigenvalue weighted by Crippen LogP contribution is -2.42. The van der Waals surface area contributed by atoms with E-state index in [2.05, 4.69) is 5.32 Å². The molecule has 178 valence electrons. The number of hydrogen-bond donors (Lipinski definition) is 3. The number of nitrogens with one attached hydrogen (secondary N) is 1. The number of rotatable bonds is 12. The third kappa shape index (κ3) is 6.99. The fourth-order valence-corrected chi connectivity index (χ4v) is 4.38.